The number of aliphatic hydroxyl groups excluding tert-OH is 7. The highest BCUT2D eigenvalue weighted by molar-refractivity contribution is 5.75. The maximum atomic E-state index is 12.3. The van der Waals surface area contributed by atoms with Gasteiger partial charge in [-0.1, -0.05) is 25.7 Å². The van der Waals surface area contributed by atoms with E-state index in [2.05, 4.69) is 21.5 Å². The van der Waals surface area contributed by atoms with Crippen molar-refractivity contribution >= 4 is 5.91 Å². The van der Waals surface area contributed by atoms with Crippen molar-refractivity contribution in [3.63, 3.8) is 0 Å². The Hall–Kier alpha value is -1.77. The van der Waals surface area contributed by atoms with Gasteiger partial charge in [-0.05, 0) is 32.1 Å². The predicted octanol–water partition coefficient (Wildman–Crippen LogP) is -1.19. The second-order valence-corrected chi connectivity index (χ2v) is 11.0. The highest BCUT2D eigenvalue weighted by Crippen LogP contribution is 2.38. The Labute approximate surface area is 239 Å². The van der Waals surface area contributed by atoms with Crippen LogP contribution >= 0.6 is 0 Å². The molecule has 3 rings (SSSR count). The van der Waals surface area contributed by atoms with Gasteiger partial charge in [0.25, 0.3) is 0 Å². The van der Waals surface area contributed by atoms with Crippen molar-refractivity contribution in [2.75, 3.05) is 13.2 Å². The van der Waals surface area contributed by atoms with Crippen molar-refractivity contribution in [2.45, 2.75) is 138 Å². The summed E-state index contributed by atoms with van der Waals surface area (Å²) in [6, 6.07) is 0. The van der Waals surface area contributed by atoms with Gasteiger partial charge >= 0.3 is 0 Å². The van der Waals surface area contributed by atoms with E-state index in [1.807, 2.05) is 0 Å². The number of hydrogen-bond donors (Lipinski definition) is 8. The van der Waals surface area contributed by atoms with Crippen LogP contribution in [0.1, 0.15) is 70.6 Å². The number of aliphatic hydroxyl groups is 7. The average Bonchev–Trinajstić information content (AvgIpc) is 3.73. The Morgan fingerprint density at radius 3 is 1.90 bits per heavy atom. The summed E-state index contributed by atoms with van der Waals surface area (Å²) in [4.78, 5) is 12.3. The first kappa shape index (κ1) is 33.7. The van der Waals surface area contributed by atoms with Gasteiger partial charge in [0.2, 0.25) is 5.91 Å². The van der Waals surface area contributed by atoms with E-state index in [9.17, 15) is 40.5 Å². The second-order valence-electron chi connectivity index (χ2n) is 11.0. The van der Waals surface area contributed by atoms with Gasteiger partial charge in [0.05, 0.1) is 6.61 Å². The molecule has 0 bridgehead atoms. The summed E-state index contributed by atoms with van der Waals surface area (Å²) >= 11 is 0. The van der Waals surface area contributed by atoms with Gasteiger partial charge < -0.3 is 55.3 Å². The molecule has 8 N–H and O–H groups in total. The lowest BCUT2D eigenvalue weighted by Gasteiger charge is -2.44. The van der Waals surface area contributed by atoms with Crippen molar-refractivity contribution in [1.82, 2.24) is 5.32 Å². The standard InChI is InChI=1S/C27H45N3O11/c1-2-3-9-12-27(29-30-27)13-10-7-5-4-6-8-11-18(32)28-14-16-19(33)21(35)23(37)25(39-16)41-26-24(38)22(36)20(34)17(15-31)40-26/h1,16-17,19-26,31,33-38H,3-15H2,(H,28,32)/t16?,17?,19-,20-,21?,22?,23?,24?,25-,26-/m1/s1. The monoisotopic (exact) mass is 587 g/mol. The number of nitrogens with zero attached hydrogens (tertiary/aromatic N) is 2. The van der Waals surface area contributed by atoms with Crippen LogP contribution < -0.4 is 5.32 Å². The first-order chi connectivity index (χ1) is 19.6. The van der Waals surface area contributed by atoms with Crippen LogP contribution in [0.2, 0.25) is 0 Å². The Morgan fingerprint density at radius 1 is 0.780 bits per heavy atom. The Bertz CT molecular complexity index is 879. The number of rotatable bonds is 17. The number of amides is 1. The summed E-state index contributed by atoms with van der Waals surface area (Å²) in [6.45, 7) is -0.867. The molecule has 3 aliphatic heterocycles. The fourth-order valence-corrected chi connectivity index (χ4v) is 5.08. The third-order valence-corrected chi connectivity index (χ3v) is 7.80. The first-order valence-corrected chi connectivity index (χ1v) is 14.4. The van der Waals surface area contributed by atoms with E-state index in [0.717, 1.165) is 57.8 Å². The average molecular weight is 588 g/mol. The number of carbonyl (C=O) groups excluding carboxylic acids is 1. The third kappa shape index (κ3) is 9.62. The second kappa shape index (κ2) is 16.2. The summed E-state index contributed by atoms with van der Waals surface area (Å²) in [6.07, 6.45) is -0.855. The van der Waals surface area contributed by atoms with Gasteiger partial charge in [0.1, 0.15) is 48.8 Å². The largest absolute Gasteiger partial charge is 0.394 e. The zero-order valence-electron chi connectivity index (χ0n) is 23.2. The van der Waals surface area contributed by atoms with Gasteiger partial charge in [0.15, 0.2) is 18.2 Å². The maximum Gasteiger partial charge on any atom is 0.220 e. The fourth-order valence-electron chi connectivity index (χ4n) is 5.08. The van der Waals surface area contributed by atoms with Crippen LogP contribution in [0.5, 0.6) is 0 Å². The Morgan fingerprint density at radius 2 is 1.32 bits per heavy atom. The fraction of sp³-hybridized carbons (Fsp3) is 0.889. The van der Waals surface area contributed by atoms with Crippen LogP contribution in [0.25, 0.3) is 0 Å². The molecular weight excluding hydrogens is 542 g/mol. The minimum absolute atomic E-state index is 0.183. The molecule has 0 aliphatic carbocycles. The highest BCUT2D eigenvalue weighted by Gasteiger charge is 2.49. The van der Waals surface area contributed by atoms with Crippen LogP contribution in [0.4, 0.5) is 0 Å². The number of carbonyl (C=O) groups is 1. The van der Waals surface area contributed by atoms with Gasteiger partial charge in [-0.15, -0.1) is 12.3 Å². The molecule has 10 atom stereocenters. The van der Waals surface area contributed by atoms with Crippen molar-refractivity contribution in [3.8, 4) is 12.3 Å². The van der Waals surface area contributed by atoms with Crippen molar-refractivity contribution in [2.24, 2.45) is 10.2 Å². The van der Waals surface area contributed by atoms with Crippen molar-refractivity contribution in [3.05, 3.63) is 0 Å². The van der Waals surface area contributed by atoms with Crippen molar-refractivity contribution in [1.29, 1.82) is 0 Å². The van der Waals surface area contributed by atoms with E-state index < -0.39 is 68.0 Å². The first-order valence-electron chi connectivity index (χ1n) is 14.4. The summed E-state index contributed by atoms with van der Waals surface area (Å²) in [5.74, 6) is 2.37. The van der Waals surface area contributed by atoms with Gasteiger partial charge in [-0.25, -0.2) is 0 Å². The number of terminal acetylenes is 1. The molecule has 234 valence electrons. The lowest BCUT2D eigenvalue weighted by atomic mass is 9.97. The van der Waals surface area contributed by atoms with E-state index in [1.54, 1.807) is 0 Å². The minimum Gasteiger partial charge on any atom is -0.394 e. The molecule has 0 aromatic rings. The molecule has 2 saturated heterocycles. The van der Waals surface area contributed by atoms with Crippen LogP contribution in [-0.4, -0.2) is 122 Å². The lowest BCUT2D eigenvalue weighted by Crippen LogP contribution is -2.64. The molecule has 0 saturated carbocycles. The molecule has 1 amide bonds. The maximum absolute atomic E-state index is 12.3. The summed E-state index contributed by atoms with van der Waals surface area (Å²) in [5, 5.41) is 81.3. The van der Waals surface area contributed by atoms with Crippen LogP contribution in [0, 0.1) is 12.3 Å². The van der Waals surface area contributed by atoms with Gasteiger partial charge in [-0.2, -0.15) is 10.2 Å². The molecule has 41 heavy (non-hydrogen) atoms. The lowest BCUT2D eigenvalue weighted by molar-refractivity contribution is -0.374. The van der Waals surface area contributed by atoms with Crippen molar-refractivity contribution < 1.29 is 54.8 Å². The third-order valence-electron chi connectivity index (χ3n) is 7.80. The molecule has 0 aromatic heterocycles. The van der Waals surface area contributed by atoms with E-state index in [1.165, 1.54) is 0 Å². The zero-order valence-corrected chi connectivity index (χ0v) is 23.2. The molecular formula is C27H45N3O11. The Kier molecular flexibility index (Phi) is 13.3. The SMILES string of the molecule is C#CCCCC1(CCCCCCCCC(=O)NCC2O[C@H](O[C@H]3OC(CO)[C@@H](O)C(O)C3O)C(O)C(O)[C@@H]2O)N=N1. The van der Waals surface area contributed by atoms with E-state index in [-0.39, 0.29) is 24.5 Å². The molecule has 14 nitrogen and oxygen atoms in total. The summed E-state index contributed by atoms with van der Waals surface area (Å²) in [7, 11) is 0. The molecule has 2 fully saturated rings. The van der Waals surface area contributed by atoms with Crippen LogP contribution in [-0.2, 0) is 19.0 Å². The number of ether oxygens (including phenoxy) is 3. The van der Waals surface area contributed by atoms with Gasteiger partial charge in [-0.3, -0.25) is 4.79 Å². The van der Waals surface area contributed by atoms with E-state index >= 15 is 0 Å². The highest BCUT2D eigenvalue weighted by atomic mass is 16.8. The topological polar surface area (TPSA) is 223 Å². The van der Waals surface area contributed by atoms with Crippen LogP contribution in [0.3, 0.4) is 0 Å². The predicted molar refractivity (Wildman–Crippen MR) is 142 cm³/mol. The van der Waals surface area contributed by atoms with Crippen LogP contribution in [0.15, 0.2) is 10.2 Å². The van der Waals surface area contributed by atoms with E-state index in [0.29, 0.717) is 6.42 Å². The summed E-state index contributed by atoms with van der Waals surface area (Å²) in [5.41, 5.74) is -0.190. The van der Waals surface area contributed by atoms with E-state index in [4.69, 9.17) is 20.6 Å². The molecule has 3 aliphatic rings. The minimum atomic E-state index is -1.75. The molecule has 0 spiro atoms. The number of unbranched alkanes of at least 4 members (excludes halogenated alkanes) is 6. The quantitative estimate of drug-likeness (QED) is 0.0746. The Balaban J connectivity index is 1.31. The summed E-state index contributed by atoms with van der Waals surface area (Å²) < 4.78 is 16.2. The molecule has 0 radical (unpaired) electrons. The number of nitrogens with one attached hydrogen (secondary N) is 1. The normalized spacial score (nSPS) is 36.0. The molecule has 3 heterocycles. The smallest absolute Gasteiger partial charge is 0.220 e. The van der Waals surface area contributed by atoms with Gasteiger partial charge in [0, 0.05) is 19.4 Å². The molecule has 14 heteroatoms. The molecule has 6 unspecified atom stereocenters. The zero-order chi connectivity index (χ0) is 30.0. The number of hydrogen-bond acceptors (Lipinski definition) is 13. The molecule has 0 aromatic carbocycles.